The predicted molar refractivity (Wildman–Crippen MR) is 164 cm³/mol. The maximum absolute atomic E-state index is 6.01. The first-order valence-corrected chi connectivity index (χ1v) is 13.5. The zero-order chi connectivity index (χ0) is 27.2. The second-order valence-corrected chi connectivity index (χ2v) is 9.97. The lowest BCUT2D eigenvalue weighted by Crippen LogP contribution is -1.92. The van der Waals surface area contributed by atoms with E-state index < -0.39 is 0 Å². The van der Waals surface area contributed by atoms with Crippen molar-refractivity contribution in [3.05, 3.63) is 134 Å². The van der Waals surface area contributed by atoms with Gasteiger partial charge in [-0.3, -0.25) is 0 Å². The highest BCUT2D eigenvalue weighted by atomic mass is 16.4. The summed E-state index contributed by atoms with van der Waals surface area (Å²) >= 11 is 0. The molecule has 0 saturated heterocycles. The Balaban J connectivity index is 1.31. The molecule has 0 radical (unpaired) electrons. The van der Waals surface area contributed by atoms with Gasteiger partial charge in [0.1, 0.15) is 0 Å². The summed E-state index contributed by atoms with van der Waals surface area (Å²) in [6.45, 7) is 0. The molecular weight excluding hydrogens is 504 g/mol. The number of benzene rings is 6. The Labute approximate surface area is 235 Å². The Bertz CT molecular complexity index is 2140. The number of hydrogen-bond acceptors (Lipinski definition) is 5. The smallest absolute Gasteiger partial charge is 0.248 e. The molecule has 2 aromatic heterocycles. The van der Waals surface area contributed by atoms with Crippen LogP contribution >= 0.6 is 0 Å². The van der Waals surface area contributed by atoms with Crippen molar-refractivity contribution in [2.24, 2.45) is 0 Å². The Kier molecular flexibility index (Phi) is 5.38. The molecule has 5 heteroatoms. The molecule has 0 aliphatic carbocycles. The van der Waals surface area contributed by atoms with Crippen LogP contribution in [0.15, 0.2) is 138 Å². The van der Waals surface area contributed by atoms with Gasteiger partial charge in [0, 0.05) is 16.5 Å². The average Bonchev–Trinajstić information content (AvgIpc) is 3.55. The highest BCUT2D eigenvalue weighted by Crippen LogP contribution is 2.45. The van der Waals surface area contributed by atoms with Gasteiger partial charge in [-0.05, 0) is 80.2 Å². The lowest BCUT2D eigenvalue weighted by molar-refractivity contribution is 0.584. The van der Waals surface area contributed by atoms with Crippen molar-refractivity contribution < 1.29 is 4.42 Å². The number of nitrogens with zero attached hydrogens (tertiary/aromatic N) is 4. The molecule has 6 aromatic carbocycles. The molecule has 0 unspecified atom stereocenters. The van der Waals surface area contributed by atoms with Crippen molar-refractivity contribution in [2.75, 3.05) is 0 Å². The molecule has 8 aromatic rings. The zero-order valence-corrected chi connectivity index (χ0v) is 21.9. The quantitative estimate of drug-likeness (QED) is 0.214. The topological polar surface area (TPSA) is 64.7 Å². The van der Waals surface area contributed by atoms with Gasteiger partial charge in [0.05, 0.1) is 11.7 Å². The van der Waals surface area contributed by atoms with E-state index in [0.29, 0.717) is 11.8 Å². The van der Waals surface area contributed by atoms with Crippen LogP contribution in [-0.2, 0) is 0 Å². The van der Waals surface area contributed by atoms with E-state index in [-0.39, 0.29) is 0 Å². The van der Waals surface area contributed by atoms with Crippen LogP contribution in [0.5, 0.6) is 0 Å². The first-order chi connectivity index (χ1) is 20.3. The molecule has 41 heavy (non-hydrogen) atoms. The molecule has 0 spiro atoms. The summed E-state index contributed by atoms with van der Waals surface area (Å²) < 4.78 is 6.01. The van der Waals surface area contributed by atoms with E-state index >= 15 is 0 Å². The molecule has 0 amide bonds. The molecule has 0 fully saturated rings. The molecule has 0 aliphatic rings. The van der Waals surface area contributed by atoms with Crippen LogP contribution in [-0.4, -0.2) is 20.4 Å². The third-order valence-corrected chi connectivity index (χ3v) is 7.62. The van der Waals surface area contributed by atoms with Gasteiger partial charge in [0.2, 0.25) is 11.8 Å². The van der Waals surface area contributed by atoms with Crippen LogP contribution < -0.4 is 0 Å². The van der Waals surface area contributed by atoms with E-state index in [0.717, 1.165) is 33.2 Å². The van der Waals surface area contributed by atoms with Crippen molar-refractivity contribution in [3.8, 4) is 45.2 Å². The second kappa shape index (κ2) is 9.50. The molecule has 2 heterocycles. The molecule has 5 nitrogen and oxygen atoms in total. The van der Waals surface area contributed by atoms with Crippen LogP contribution in [0.2, 0.25) is 0 Å². The van der Waals surface area contributed by atoms with Gasteiger partial charge in [0.15, 0.2) is 0 Å². The second-order valence-electron chi connectivity index (χ2n) is 9.97. The number of hydrogen-bond donors (Lipinski definition) is 0. The van der Waals surface area contributed by atoms with Crippen molar-refractivity contribution >= 4 is 32.4 Å². The van der Waals surface area contributed by atoms with Crippen LogP contribution in [0.1, 0.15) is 0 Å². The lowest BCUT2D eigenvalue weighted by atomic mass is 9.85. The molecule has 192 valence electrons. The maximum atomic E-state index is 6.01. The third-order valence-electron chi connectivity index (χ3n) is 7.62. The van der Waals surface area contributed by atoms with Gasteiger partial charge in [0.25, 0.3) is 0 Å². The first-order valence-electron chi connectivity index (χ1n) is 13.5. The largest absolute Gasteiger partial charge is 0.416 e. The Morgan fingerprint density at radius 2 is 0.951 bits per heavy atom. The van der Waals surface area contributed by atoms with E-state index in [1.807, 2.05) is 36.4 Å². The summed E-state index contributed by atoms with van der Waals surface area (Å²) in [4.78, 5) is 0. The third kappa shape index (κ3) is 3.86. The highest BCUT2D eigenvalue weighted by molar-refractivity contribution is 6.23. The van der Waals surface area contributed by atoms with E-state index in [2.05, 4.69) is 111 Å². The number of fused-ring (bicyclic) bond motifs is 3. The summed E-state index contributed by atoms with van der Waals surface area (Å²) in [6, 6.07) is 43.8. The molecule has 0 atom stereocenters. The minimum atomic E-state index is 0.500. The van der Waals surface area contributed by atoms with Crippen molar-refractivity contribution in [3.63, 3.8) is 0 Å². The minimum absolute atomic E-state index is 0.500. The first kappa shape index (κ1) is 23.2. The van der Waals surface area contributed by atoms with Crippen molar-refractivity contribution in [1.29, 1.82) is 0 Å². The monoisotopic (exact) mass is 526 g/mol. The fraction of sp³-hybridized carbons (Fsp3) is 0. The molecule has 0 bridgehead atoms. The maximum Gasteiger partial charge on any atom is 0.248 e. The summed E-state index contributed by atoms with van der Waals surface area (Å²) in [7, 11) is 0. The average molecular weight is 527 g/mol. The highest BCUT2D eigenvalue weighted by Gasteiger charge is 2.18. The lowest BCUT2D eigenvalue weighted by Gasteiger charge is -2.18. The van der Waals surface area contributed by atoms with Crippen LogP contribution in [0.3, 0.4) is 0 Å². The summed E-state index contributed by atoms with van der Waals surface area (Å²) in [5, 5.41) is 22.9. The van der Waals surface area contributed by atoms with E-state index in [9.17, 15) is 0 Å². The van der Waals surface area contributed by atoms with Crippen LogP contribution in [0.4, 0.5) is 0 Å². The molecule has 0 saturated carbocycles. The number of rotatable bonds is 4. The Hall–Kier alpha value is -5.68. The summed E-state index contributed by atoms with van der Waals surface area (Å²) in [5.74, 6) is 1.01. The summed E-state index contributed by atoms with van der Waals surface area (Å²) in [6.07, 6.45) is 1.76. The van der Waals surface area contributed by atoms with Gasteiger partial charge in [-0.1, -0.05) is 91.0 Å². The fourth-order valence-corrected chi connectivity index (χ4v) is 5.78. The molecule has 0 N–H and O–H groups in total. The number of aromatic nitrogens is 4. The van der Waals surface area contributed by atoms with Crippen LogP contribution in [0.25, 0.3) is 77.6 Å². The SMILES string of the molecule is c1ccc(-c2nnc(-c3ccc(-c4c5ccccc5c(-c5cccc6nnccc56)c5ccccc45)cc3)o2)cc1. The molecule has 8 rings (SSSR count). The van der Waals surface area contributed by atoms with Crippen molar-refractivity contribution in [1.82, 2.24) is 20.4 Å². The fourth-order valence-electron chi connectivity index (χ4n) is 5.78. The predicted octanol–water partition coefficient (Wildman–Crippen LogP) is 8.99. The van der Waals surface area contributed by atoms with E-state index in [1.165, 1.54) is 32.7 Å². The molecule has 0 aliphatic heterocycles. The zero-order valence-electron chi connectivity index (χ0n) is 21.9. The Morgan fingerprint density at radius 3 is 1.61 bits per heavy atom. The summed E-state index contributed by atoms with van der Waals surface area (Å²) in [5.41, 5.74) is 7.34. The molecular formula is C36H22N4O. The van der Waals surface area contributed by atoms with Gasteiger partial charge in [-0.2, -0.15) is 10.2 Å². The van der Waals surface area contributed by atoms with Crippen LogP contribution in [0, 0.1) is 0 Å². The van der Waals surface area contributed by atoms with Gasteiger partial charge < -0.3 is 4.42 Å². The van der Waals surface area contributed by atoms with Gasteiger partial charge >= 0.3 is 0 Å². The van der Waals surface area contributed by atoms with E-state index in [1.54, 1.807) is 6.20 Å². The Morgan fingerprint density at radius 1 is 0.390 bits per heavy atom. The minimum Gasteiger partial charge on any atom is -0.416 e. The normalized spacial score (nSPS) is 11.4. The van der Waals surface area contributed by atoms with Gasteiger partial charge in [-0.25, -0.2) is 0 Å². The van der Waals surface area contributed by atoms with Crippen molar-refractivity contribution in [2.45, 2.75) is 0 Å². The van der Waals surface area contributed by atoms with E-state index in [4.69, 9.17) is 4.42 Å². The standard InChI is InChI=1S/C36H22N4O/c1-2-9-24(10-3-1)35-39-40-36(41-35)25-19-17-23(18-20-25)33-28-11-4-6-13-30(28)34(31-14-7-5-12-29(31)33)27-15-8-16-32-26(27)21-22-37-38-32/h1-22H. The van der Waals surface area contributed by atoms with Gasteiger partial charge in [-0.15, -0.1) is 10.2 Å².